The van der Waals surface area contributed by atoms with Gasteiger partial charge in [0.15, 0.2) is 0 Å². The van der Waals surface area contributed by atoms with Gasteiger partial charge in [-0.15, -0.1) is 0 Å². The highest BCUT2D eigenvalue weighted by Gasteiger charge is 2.32. The normalized spacial score (nSPS) is 19.1. The Labute approximate surface area is 138 Å². The van der Waals surface area contributed by atoms with Crippen molar-refractivity contribution in [3.63, 3.8) is 0 Å². The molecule has 1 saturated heterocycles. The van der Waals surface area contributed by atoms with E-state index in [0.717, 1.165) is 12.8 Å². The molecule has 0 aliphatic carbocycles. The number of carbonyl (C=O) groups is 1. The van der Waals surface area contributed by atoms with Crippen LogP contribution in [-0.4, -0.2) is 37.6 Å². The molecule has 5 nitrogen and oxygen atoms in total. The minimum atomic E-state index is -3.55. The highest BCUT2D eigenvalue weighted by Crippen LogP contribution is 2.29. The van der Waals surface area contributed by atoms with Gasteiger partial charge in [0.05, 0.1) is 5.75 Å². The number of rotatable bonds is 6. The summed E-state index contributed by atoms with van der Waals surface area (Å²) >= 11 is 0. The van der Waals surface area contributed by atoms with Gasteiger partial charge in [0.25, 0.3) is 0 Å². The molecule has 0 aromatic heterocycles. The number of nitrogens with two attached hydrogens (primary N) is 1. The molecule has 1 aromatic rings. The third-order valence-electron chi connectivity index (χ3n) is 4.64. The Bertz CT molecular complexity index is 641. The summed E-state index contributed by atoms with van der Waals surface area (Å²) in [6.07, 6.45) is 2.70. The van der Waals surface area contributed by atoms with E-state index in [-0.39, 0.29) is 23.1 Å². The number of hydrogen-bond donors (Lipinski definition) is 1. The molecule has 0 saturated carbocycles. The lowest BCUT2D eigenvalue weighted by atomic mass is 9.80. The number of primary sulfonamides is 1. The fraction of sp³-hybridized carbons (Fsp3) is 0.588. The first-order valence-electron chi connectivity index (χ1n) is 8.04. The second-order valence-electron chi connectivity index (χ2n) is 6.96. The highest BCUT2D eigenvalue weighted by atomic mass is 32.2. The minimum Gasteiger partial charge on any atom is -0.339 e. The zero-order chi connectivity index (χ0) is 17.1. The highest BCUT2D eigenvalue weighted by molar-refractivity contribution is 7.89. The summed E-state index contributed by atoms with van der Waals surface area (Å²) in [6.45, 7) is 4.88. The van der Waals surface area contributed by atoms with Crippen molar-refractivity contribution in [2.24, 2.45) is 5.14 Å². The van der Waals surface area contributed by atoms with Crippen molar-refractivity contribution in [3.8, 4) is 0 Å². The summed E-state index contributed by atoms with van der Waals surface area (Å²) in [5.74, 6) is -0.110. The second-order valence-corrected chi connectivity index (χ2v) is 8.62. The van der Waals surface area contributed by atoms with Gasteiger partial charge in [-0.1, -0.05) is 44.2 Å². The predicted octanol–water partition coefficient (Wildman–Crippen LogP) is 2.02. The molecular formula is C17H26N2O3S. The Kier molecular flexibility index (Phi) is 5.47. The van der Waals surface area contributed by atoms with E-state index in [9.17, 15) is 13.2 Å². The fourth-order valence-electron chi connectivity index (χ4n) is 3.20. The van der Waals surface area contributed by atoms with Crippen molar-refractivity contribution in [1.82, 2.24) is 4.90 Å². The van der Waals surface area contributed by atoms with Gasteiger partial charge in [-0.2, -0.15) is 0 Å². The van der Waals surface area contributed by atoms with E-state index in [4.69, 9.17) is 5.14 Å². The number of amides is 1. The first-order valence-corrected chi connectivity index (χ1v) is 9.76. The average molecular weight is 338 g/mol. The van der Waals surface area contributed by atoms with Crippen molar-refractivity contribution >= 4 is 15.9 Å². The number of benzene rings is 1. The molecule has 23 heavy (non-hydrogen) atoms. The van der Waals surface area contributed by atoms with E-state index in [0.29, 0.717) is 19.4 Å². The first-order chi connectivity index (χ1) is 10.7. The van der Waals surface area contributed by atoms with Crippen LogP contribution in [0.3, 0.4) is 0 Å². The van der Waals surface area contributed by atoms with E-state index >= 15 is 0 Å². The molecule has 1 unspecified atom stereocenters. The van der Waals surface area contributed by atoms with Crippen LogP contribution >= 0.6 is 0 Å². The molecule has 1 atom stereocenters. The van der Waals surface area contributed by atoms with Gasteiger partial charge in [0.1, 0.15) is 0 Å². The number of carbonyl (C=O) groups excluding carboxylic acids is 1. The Balaban J connectivity index is 1.96. The Morgan fingerprint density at radius 1 is 1.30 bits per heavy atom. The van der Waals surface area contributed by atoms with Crippen molar-refractivity contribution in [2.75, 3.05) is 12.3 Å². The first kappa shape index (κ1) is 17.9. The van der Waals surface area contributed by atoms with Crippen LogP contribution in [0.4, 0.5) is 0 Å². The van der Waals surface area contributed by atoms with Crippen LogP contribution in [0.2, 0.25) is 0 Å². The topological polar surface area (TPSA) is 80.5 Å². The second kappa shape index (κ2) is 7.01. The predicted molar refractivity (Wildman–Crippen MR) is 91.4 cm³/mol. The smallest absolute Gasteiger partial charge is 0.222 e. The standard InChI is InChI=1S/C17H26N2O3S/c1-17(2,14-7-4-3-5-8-14)11-10-16(20)19-12-6-9-15(19)13-23(18,21)22/h3-5,7-8,15H,6,9-13H2,1-2H3,(H2,18,21,22). The van der Waals surface area contributed by atoms with Gasteiger partial charge in [-0.3, -0.25) is 4.79 Å². The molecule has 1 aliphatic rings. The maximum Gasteiger partial charge on any atom is 0.222 e. The van der Waals surface area contributed by atoms with Gasteiger partial charge in [-0.25, -0.2) is 13.6 Å². The van der Waals surface area contributed by atoms with Crippen LogP contribution in [0, 0.1) is 0 Å². The minimum absolute atomic E-state index is 0.0279. The molecule has 2 N–H and O–H groups in total. The summed E-state index contributed by atoms with van der Waals surface area (Å²) in [5, 5.41) is 5.13. The molecule has 1 heterocycles. The summed E-state index contributed by atoms with van der Waals surface area (Å²) in [7, 11) is -3.55. The molecule has 1 aliphatic heterocycles. The van der Waals surface area contributed by atoms with Crippen LogP contribution in [0.5, 0.6) is 0 Å². The van der Waals surface area contributed by atoms with Gasteiger partial charge in [0, 0.05) is 19.0 Å². The van der Waals surface area contributed by atoms with E-state index < -0.39 is 10.0 Å². The van der Waals surface area contributed by atoms with Crippen LogP contribution in [-0.2, 0) is 20.2 Å². The summed E-state index contributed by atoms with van der Waals surface area (Å²) in [6, 6.07) is 9.86. The molecule has 6 heteroatoms. The Hall–Kier alpha value is -1.40. The molecule has 0 radical (unpaired) electrons. The zero-order valence-electron chi connectivity index (χ0n) is 13.9. The SMILES string of the molecule is CC(C)(CCC(=O)N1CCCC1CS(N)(=O)=O)c1ccccc1. The molecule has 0 spiro atoms. The molecule has 128 valence electrons. The largest absolute Gasteiger partial charge is 0.339 e. The van der Waals surface area contributed by atoms with E-state index in [1.807, 2.05) is 18.2 Å². The monoisotopic (exact) mass is 338 g/mol. The van der Waals surface area contributed by atoms with Gasteiger partial charge < -0.3 is 4.90 Å². The number of nitrogens with zero attached hydrogens (tertiary/aromatic N) is 1. The lowest BCUT2D eigenvalue weighted by Crippen LogP contribution is -2.41. The van der Waals surface area contributed by atoms with Crippen molar-refractivity contribution in [1.29, 1.82) is 0 Å². The fourth-order valence-corrected chi connectivity index (χ4v) is 4.09. The quantitative estimate of drug-likeness (QED) is 0.862. The molecular weight excluding hydrogens is 312 g/mol. The summed E-state index contributed by atoms with van der Waals surface area (Å²) < 4.78 is 22.6. The molecule has 1 amide bonds. The van der Waals surface area contributed by atoms with E-state index in [1.165, 1.54) is 5.56 Å². The van der Waals surface area contributed by atoms with Gasteiger partial charge >= 0.3 is 0 Å². The third kappa shape index (κ3) is 5.04. The molecule has 1 fully saturated rings. The van der Waals surface area contributed by atoms with Crippen LogP contribution in [0.25, 0.3) is 0 Å². The Morgan fingerprint density at radius 2 is 1.96 bits per heavy atom. The van der Waals surface area contributed by atoms with Gasteiger partial charge in [-0.05, 0) is 30.2 Å². The van der Waals surface area contributed by atoms with Crippen LogP contribution in [0.15, 0.2) is 30.3 Å². The lowest BCUT2D eigenvalue weighted by molar-refractivity contribution is -0.132. The van der Waals surface area contributed by atoms with E-state index in [1.54, 1.807) is 4.90 Å². The third-order valence-corrected chi connectivity index (χ3v) is 5.49. The molecule has 2 rings (SSSR count). The Morgan fingerprint density at radius 3 is 2.57 bits per heavy atom. The maximum atomic E-state index is 12.5. The average Bonchev–Trinajstić information content (AvgIpc) is 2.92. The number of likely N-dealkylation sites (tertiary alicyclic amines) is 1. The molecule has 0 bridgehead atoms. The van der Waals surface area contributed by atoms with Crippen LogP contribution in [0.1, 0.15) is 45.1 Å². The maximum absolute atomic E-state index is 12.5. The molecule has 1 aromatic carbocycles. The van der Waals surface area contributed by atoms with Crippen molar-refractivity contribution in [3.05, 3.63) is 35.9 Å². The number of sulfonamides is 1. The number of hydrogen-bond acceptors (Lipinski definition) is 3. The summed E-state index contributed by atoms with van der Waals surface area (Å²) in [4.78, 5) is 14.2. The summed E-state index contributed by atoms with van der Waals surface area (Å²) in [5.41, 5.74) is 1.11. The van der Waals surface area contributed by atoms with Crippen molar-refractivity contribution < 1.29 is 13.2 Å². The zero-order valence-corrected chi connectivity index (χ0v) is 14.7. The van der Waals surface area contributed by atoms with Crippen molar-refractivity contribution in [2.45, 2.75) is 51.0 Å². The van der Waals surface area contributed by atoms with Gasteiger partial charge in [0.2, 0.25) is 15.9 Å². The lowest BCUT2D eigenvalue weighted by Gasteiger charge is -2.28. The van der Waals surface area contributed by atoms with Crippen LogP contribution < -0.4 is 5.14 Å². The van der Waals surface area contributed by atoms with E-state index in [2.05, 4.69) is 26.0 Å².